The summed E-state index contributed by atoms with van der Waals surface area (Å²) in [6, 6.07) is 0. The van der Waals surface area contributed by atoms with Crippen LogP contribution >= 0.6 is 0 Å². The van der Waals surface area contributed by atoms with Gasteiger partial charge in [-0.15, -0.1) is 0 Å². The summed E-state index contributed by atoms with van der Waals surface area (Å²) in [6.45, 7) is 14.7. The van der Waals surface area contributed by atoms with E-state index in [2.05, 4.69) is 45.1 Å². The second kappa shape index (κ2) is 12.3. The summed E-state index contributed by atoms with van der Waals surface area (Å²) in [4.78, 5) is 0. The van der Waals surface area contributed by atoms with Gasteiger partial charge < -0.3 is 0 Å². The fourth-order valence-corrected chi connectivity index (χ4v) is 1.33. The quantitative estimate of drug-likeness (QED) is 0.477. The molecule has 0 saturated carbocycles. The molecule has 0 nitrogen and oxygen atoms in total. The first-order valence-electron chi connectivity index (χ1n) is 6.72. The topological polar surface area (TPSA) is 0 Å². The zero-order valence-corrected chi connectivity index (χ0v) is 12.3. The molecular formula is C16H30. The first-order valence-corrected chi connectivity index (χ1v) is 6.72. The van der Waals surface area contributed by atoms with Gasteiger partial charge in [0.05, 0.1) is 0 Å². The molecule has 0 aromatic heterocycles. The van der Waals surface area contributed by atoms with Crippen molar-refractivity contribution in [2.75, 3.05) is 0 Å². The van der Waals surface area contributed by atoms with Crippen molar-refractivity contribution in [1.82, 2.24) is 0 Å². The lowest BCUT2D eigenvalue weighted by atomic mass is 9.97. The summed E-state index contributed by atoms with van der Waals surface area (Å²) in [7, 11) is 0. The van der Waals surface area contributed by atoms with Gasteiger partial charge in [-0.1, -0.05) is 70.1 Å². The van der Waals surface area contributed by atoms with E-state index in [1.807, 2.05) is 27.7 Å². The standard InChI is InChI=1S/C12H18.2C2H6/c1-10-6-4-5-7-11(2)12(3)9-8-10;2*1-2/h4,6,8-9,11H,5,7H2,1-3H3;2*1-2H3/b6-4+,10-8-,12-9+;;. The first-order chi connectivity index (χ1) is 7.70. The molecule has 0 radical (unpaired) electrons. The van der Waals surface area contributed by atoms with E-state index in [1.54, 1.807) is 0 Å². The third-order valence-electron chi connectivity index (χ3n) is 2.53. The Morgan fingerprint density at radius 3 is 2.12 bits per heavy atom. The van der Waals surface area contributed by atoms with Gasteiger partial charge in [-0.25, -0.2) is 0 Å². The summed E-state index contributed by atoms with van der Waals surface area (Å²) in [5.41, 5.74) is 2.85. The largest absolute Gasteiger partial charge is 0.0843 e. The maximum Gasteiger partial charge on any atom is -0.0228 e. The molecule has 0 N–H and O–H groups in total. The molecule has 1 aliphatic rings. The molecule has 0 heterocycles. The Labute approximate surface area is 103 Å². The average Bonchev–Trinajstić information content (AvgIpc) is 2.41. The minimum Gasteiger partial charge on any atom is -0.0843 e. The van der Waals surface area contributed by atoms with Gasteiger partial charge in [0.1, 0.15) is 0 Å². The molecule has 0 bridgehead atoms. The fourth-order valence-electron chi connectivity index (χ4n) is 1.33. The van der Waals surface area contributed by atoms with Crippen molar-refractivity contribution in [2.24, 2.45) is 5.92 Å². The Morgan fingerprint density at radius 1 is 1.00 bits per heavy atom. The van der Waals surface area contributed by atoms with E-state index < -0.39 is 0 Å². The van der Waals surface area contributed by atoms with E-state index in [0.29, 0.717) is 0 Å². The molecule has 0 saturated heterocycles. The van der Waals surface area contributed by atoms with Crippen molar-refractivity contribution >= 4 is 0 Å². The van der Waals surface area contributed by atoms with Crippen LogP contribution in [-0.4, -0.2) is 0 Å². The zero-order valence-electron chi connectivity index (χ0n) is 12.3. The summed E-state index contributed by atoms with van der Waals surface area (Å²) in [5, 5.41) is 0. The molecule has 0 amide bonds. The Bertz CT molecular complexity index is 228. The van der Waals surface area contributed by atoms with Gasteiger partial charge >= 0.3 is 0 Å². The molecule has 94 valence electrons. The summed E-state index contributed by atoms with van der Waals surface area (Å²) < 4.78 is 0. The molecule has 16 heavy (non-hydrogen) atoms. The Kier molecular flexibility index (Phi) is 13.5. The molecule has 0 heteroatoms. The molecule has 0 aliphatic heterocycles. The van der Waals surface area contributed by atoms with Gasteiger partial charge in [0.15, 0.2) is 0 Å². The SMILES string of the molecule is CC.CC.CC1=C/C=C(\C)C(C)CC\C=C\1. The van der Waals surface area contributed by atoms with Crippen LogP contribution in [0.4, 0.5) is 0 Å². The molecule has 0 spiro atoms. The number of rotatable bonds is 0. The minimum atomic E-state index is 0.733. The van der Waals surface area contributed by atoms with Crippen LogP contribution < -0.4 is 0 Å². The molecule has 1 aliphatic carbocycles. The first kappa shape index (κ1) is 17.6. The maximum atomic E-state index is 2.30. The lowest BCUT2D eigenvalue weighted by Crippen LogP contribution is -1.94. The number of hydrogen-bond acceptors (Lipinski definition) is 0. The van der Waals surface area contributed by atoms with E-state index in [0.717, 1.165) is 5.92 Å². The summed E-state index contributed by atoms with van der Waals surface area (Å²) in [6.07, 6.45) is 11.4. The van der Waals surface area contributed by atoms with Crippen molar-refractivity contribution in [2.45, 2.75) is 61.3 Å². The van der Waals surface area contributed by atoms with E-state index in [9.17, 15) is 0 Å². The Morgan fingerprint density at radius 2 is 1.56 bits per heavy atom. The van der Waals surface area contributed by atoms with Crippen LogP contribution in [0.3, 0.4) is 0 Å². The predicted octanol–water partition coefficient (Wildman–Crippen LogP) is 5.92. The molecule has 1 unspecified atom stereocenters. The molecule has 0 aromatic rings. The number of hydrogen-bond donors (Lipinski definition) is 0. The second-order valence-corrected chi connectivity index (χ2v) is 3.70. The molecule has 1 atom stereocenters. The molecule has 0 fully saturated rings. The second-order valence-electron chi connectivity index (χ2n) is 3.70. The van der Waals surface area contributed by atoms with Gasteiger partial charge in [0.2, 0.25) is 0 Å². The van der Waals surface area contributed by atoms with Crippen LogP contribution in [0, 0.1) is 5.92 Å². The normalized spacial score (nSPS) is 28.1. The summed E-state index contributed by atoms with van der Waals surface area (Å²) in [5.74, 6) is 0.733. The zero-order chi connectivity index (χ0) is 13.0. The Hall–Kier alpha value is -0.780. The smallest absolute Gasteiger partial charge is 0.0228 e. The van der Waals surface area contributed by atoms with Crippen LogP contribution in [0.5, 0.6) is 0 Å². The highest BCUT2D eigenvalue weighted by atomic mass is 14.1. The molecule has 0 aromatic carbocycles. The van der Waals surface area contributed by atoms with E-state index >= 15 is 0 Å². The van der Waals surface area contributed by atoms with Crippen molar-refractivity contribution < 1.29 is 0 Å². The molecular weight excluding hydrogens is 192 g/mol. The summed E-state index contributed by atoms with van der Waals surface area (Å²) >= 11 is 0. The third-order valence-corrected chi connectivity index (χ3v) is 2.53. The highest BCUT2D eigenvalue weighted by Gasteiger charge is 2.02. The van der Waals surface area contributed by atoms with E-state index in [-0.39, 0.29) is 0 Å². The van der Waals surface area contributed by atoms with Crippen LogP contribution in [0.15, 0.2) is 35.5 Å². The minimum absolute atomic E-state index is 0.733. The molecule has 1 rings (SSSR count). The third kappa shape index (κ3) is 8.52. The van der Waals surface area contributed by atoms with Crippen LogP contribution in [0.25, 0.3) is 0 Å². The van der Waals surface area contributed by atoms with Gasteiger partial charge in [-0.3, -0.25) is 0 Å². The maximum absolute atomic E-state index is 2.30. The predicted molar refractivity (Wildman–Crippen MR) is 77.7 cm³/mol. The number of allylic oxidation sites excluding steroid dienone is 6. The van der Waals surface area contributed by atoms with Crippen molar-refractivity contribution in [3.63, 3.8) is 0 Å². The monoisotopic (exact) mass is 222 g/mol. The van der Waals surface area contributed by atoms with Gasteiger partial charge in [-0.2, -0.15) is 0 Å². The highest BCUT2D eigenvalue weighted by Crippen LogP contribution is 2.18. The van der Waals surface area contributed by atoms with Gasteiger partial charge in [0, 0.05) is 0 Å². The highest BCUT2D eigenvalue weighted by molar-refractivity contribution is 5.25. The van der Waals surface area contributed by atoms with Crippen molar-refractivity contribution in [1.29, 1.82) is 0 Å². The van der Waals surface area contributed by atoms with E-state index in [1.165, 1.54) is 24.0 Å². The van der Waals surface area contributed by atoms with Crippen molar-refractivity contribution in [3.05, 3.63) is 35.5 Å². The van der Waals surface area contributed by atoms with Gasteiger partial charge in [-0.05, 0) is 32.6 Å². The van der Waals surface area contributed by atoms with E-state index in [4.69, 9.17) is 0 Å². The van der Waals surface area contributed by atoms with Crippen molar-refractivity contribution in [3.8, 4) is 0 Å². The lowest BCUT2D eigenvalue weighted by Gasteiger charge is -2.08. The lowest BCUT2D eigenvalue weighted by molar-refractivity contribution is 0.622. The van der Waals surface area contributed by atoms with Crippen LogP contribution in [-0.2, 0) is 0 Å². The van der Waals surface area contributed by atoms with Gasteiger partial charge in [0.25, 0.3) is 0 Å². The van der Waals surface area contributed by atoms with Crippen LogP contribution in [0.1, 0.15) is 61.3 Å². The Balaban J connectivity index is 0. The fraction of sp³-hybridized carbons (Fsp3) is 0.625. The average molecular weight is 222 g/mol. The van der Waals surface area contributed by atoms with Crippen LogP contribution in [0.2, 0.25) is 0 Å².